The molecule has 11 heteroatoms. The number of rotatable bonds is 4. The fourth-order valence-corrected chi connectivity index (χ4v) is 7.60. The zero-order valence-corrected chi connectivity index (χ0v) is 22.8. The van der Waals surface area contributed by atoms with E-state index in [0.29, 0.717) is 16.7 Å². The molecule has 0 radical (unpaired) electrons. The molecule has 6 rings (SSSR count). The number of fused-ring (bicyclic) bond motifs is 4. The number of Topliss-reactive ketones (excluding diaryl/α,β-unsaturated/α-hetero) is 6. The number of ketones is 6. The highest BCUT2D eigenvalue weighted by Crippen LogP contribution is 2.51. The maximum atomic E-state index is 13.9. The van der Waals surface area contributed by atoms with E-state index >= 15 is 0 Å². The molecule has 2 fully saturated rings. The van der Waals surface area contributed by atoms with Crippen molar-refractivity contribution in [2.75, 3.05) is 14.1 Å². The lowest BCUT2D eigenvalue weighted by atomic mass is 9.52. The minimum atomic E-state index is -2.81. The Labute approximate surface area is 239 Å². The highest BCUT2D eigenvalue weighted by Gasteiger charge is 2.69. The Morgan fingerprint density at radius 1 is 0.952 bits per heavy atom. The van der Waals surface area contributed by atoms with Crippen LogP contribution in [0.5, 0.6) is 5.75 Å². The van der Waals surface area contributed by atoms with E-state index in [-0.39, 0.29) is 42.0 Å². The van der Waals surface area contributed by atoms with Crippen LogP contribution in [0.25, 0.3) is 0 Å². The van der Waals surface area contributed by atoms with Gasteiger partial charge in [0.25, 0.3) is 0 Å². The number of likely N-dealkylation sites (N-methyl/N-ethyl adjacent to an activating group) is 1. The van der Waals surface area contributed by atoms with Gasteiger partial charge in [0.15, 0.2) is 46.2 Å². The summed E-state index contributed by atoms with van der Waals surface area (Å²) in [5.41, 5.74) is 3.54. The first kappa shape index (κ1) is 27.8. The normalized spacial score (nSPS) is 30.7. The summed E-state index contributed by atoms with van der Waals surface area (Å²) in [6.45, 7) is 0. The Morgan fingerprint density at radius 2 is 1.57 bits per heavy atom. The number of aromatic hydroxyl groups is 1. The monoisotopic (exact) mass is 572 g/mol. The Morgan fingerprint density at radius 3 is 2.14 bits per heavy atom. The van der Waals surface area contributed by atoms with Gasteiger partial charge in [-0.25, -0.2) is 0 Å². The number of nitrogens with two attached hydrogens (primary N) is 1. The molecule has 0 spiro atoms. The van der Waals surface area contributed by atoms with E-state index in [1.165, 1.54) is 19.0 Å². The molecule has 2 unspecified atom stereocenters. The van der Waals surface area contributed by atoms with Gasteiger partial charge in [-0.2, -0.15) is 0 Å². The maximum absolute atomic E-state index is 13.9. The van der Waals surface area contributed by atoms with Crippen molar-refractivity contribution in [3.63, 3.8) is 0 Å². The van der Waals surface area contributed by atoms with Crippen LogP contribution in [0, 0.1) is 29.6 Å². The van der Waals surface area contributed by atoms with Crippen LogP contribution in [-0.2, 0) is 32.0 Å². The number of amides is 1. The summed E-state index contributed by atoms with van der Waals surface area (Å²) in [6.07, 6.45) is -0.0830. The number of phenols is 1. The minimum Gasteiger partial charge on any atom is -0.507 e. The first-order chi connectivity index (χ1) is 19.8. The van der Waals surface area contributed by atoms with E-state index in [9.17, 15) is 43.8 Å². The molecule has 42 heavy (non-hydrogen) atoms. The highest BCUT2D eigenvalue weighted by atomic mass is 16.3. The van der Waals surface area contributed by atoms with Gasteiger partial charge >= 0.3 is 0 Å². The molecule has 0 aliphatic heterocycles. The number of primary amides is 1. The maximum Gasteiger partial charge on any atom is 0.235 e. The van der Waals surface area contributed by atoms with Gasteiger partial charge in [0.05, 0.1) is 23.4 Å². The average Bonchev–Trinajstić information content (AvgIpc) is 3.16. The second kappa shape index (κ2) is 9.33. The minimum absolute atomic E-state index is 0.0459. The van der Waals surface area contributed by atoms with E-state index < -0.39 is 76.0 Å². The number of carbonyl (C=O) groups excluding carboxylic acids is 7. The first-order valence-electron chi connectivity index (χ1n) is 13.7. The molecule has 216 valence electrons. The zero-order chi connectivity index (χ0) is 30.4. The second-order valence-corrected chi connectivity index (χ2v) is 11.9. The lowest BCUT2D eigenvalue weighted by Crippen LogP contribution is -2.74. The lowest BCUT2D eigenvalue weighted by molar-refractivity contribution is -0.181. The van der Waals surface area contributed by atoms with Crippen molar-refractivity contribution < 1.29 is 43.8 Å². The predicted molar refractivity (Wildman–Crippen MR) is 144 cm³/mol. The van der Waals surface area contributed by atoms with Crippen molar-refractivity contribution in [3.05, 3.63) is 64.2 Å². The van der Waals surface area contributed by atoms with Crippen LogP contribution < -0.4 is 5.73 Å². The fourth-order valence-electron chi connectivity index (χ4n) is 7.60. The quantitative estimate of drug-likeness (QED) is 0.424. The lowest BCUT2D eigenvalue weighted by Gasteiger charge is -2.52. The van der Waals surface area contributed by atoms with Gasteiger partial charge in [0.1, 0.15) is 5.75 Å². The van der Waals surface area contributed by atoms with Gasteiger partial charge in [-0.05, 0) is 50.4 Å². The van der Waals surface area contributed by atoms with Crippen LogP contribution in [0.3, 0.4) is 0 Å². The van der Waals surface area contributed by atoms with E-state index in [0.717, 1.165) is 0 Å². The molecule has 0 bridgehead atoms. The van der Waals surface area contributed by atoms with E-state index in [4.69, 9.17) is 5.73 Å². The second-order valence-electron chi connectivity index (χ2n) is 11.9. The van der Waals surface area contributed by atoms with E-state index in [2.05, 4.69) is 0 Å². The molecule has 0 saturated heterocycles. The Hall–Kier alpha value is -4.35. The number of carbonyl (C=O) groups is 7. The SMILES string of the molecule is CN(C)[C@@H]1C(=O)C(C(N)=O)C(=O)[C@@]2(O)C(=O)C3C(=O)c4c(ccc(CC5C(=O)c6ccccc6C5=O)c4O)C[C@H]3C[C@@H]12. The third kappa shape index (κ3) is 3.56. The number of phenolic OH excluding ortho intramolecular Hbond substituents is 1. The van der Waals surface area contributed by atoms with Crippen LogP contribution in [0.15, 0.2) is 36.4 Å². The molecule has 2 aromatic carbocycles. The van der Waals surface area contributed by atoms with Crippen LogP contribution >= 0.6 is 0 Å². The molecule has 6 atom stereocenters. The van der Waals surface area contributed by atoms with Crippen LogP contribution in [-0.4, -0.2) is 81.5 Å². The summed E-state index contributed by atoms with van der Waals surface area (Å²) in [7, 11) is 3.04. The van der Waals surface area contributed by atoms with Crippen LogP contribution in [0.4, 0.5) is 0 Å². The van der Waals surface area contributed by atoms with E-state index in [1.807, 2.05) is 0 Å². The topological polar surface area (TPSA) is 189 Å². The summed E-state index contributed by atoms with van der Waals surface area (Å²) in [5.74, 6) is -13.2. The van der Waals surface area contributed by atoms with Gasteiger partial charge in [-0.3, -0.25) is 38.5 Å². The van der Waals surface area contributed by atoms with Crippen molar-refractivity contribution in [2.45, 2.75) is 30.9 Å². The number of hydrogen-bond acceptors (Lipinski definition) is 10. The van der Waals surface area contributed by atoms with Crippen molar-refractivity contribution in [2.24, 2.45) is 35.3 Å². The van der Waals surface area contributed by atoms with Gasteiger partial charge in [-0.15, -0.1) is 0 Å². The van der Waals surface area contributed by atoms with Crippen molar-refractivity contribution in [3.8, 4) is 5.75 Å². The molecule has 2 aromatic rings. The number of nitrogens with zero attached hydrogens (tertiary/aromatic N) is 1. The third-order valence-electron chi connectivity index (χ3n) is 9.53. The summed E-state index contributed by atoms with van der Waals surface area (Å²) in [4.78, 5) is 93.8. The largest absolute Gasteiger partial charge is 0.507 e. The molecular formula is C31H28N2O9. The molecule has 0 aromatic heterocycles. The van der Waals surface area contributed by atoms with Crippen molar-refractivity contribution >= 4 is 40.6 Å². The highest BCUT2D eigenvalue weighted by molar-refractivity contribution is 6.32. The number of aliphatic hydroxyl groups is 1. The molecule has 4 N–H and O–H groups in total. The Bertz CT molecular complexity index is 1620. The van der Waals surface area contributed by atoms with Gasteiger partial charge in [-0.1, -0.05) is 36.4 Å². The first-order valence-corrected chi connectivity index (χ1v) is 13.7. The average molecular weight is 573 g/mol. The van der Waals surface area contributed by atoms with Crippen LogP contribution in [0.1, 0.15) is 48.6 Å². The summed E-state index contributed by atoms with van der Waals surface area (Å²) >= 11 is 0. The molecular weight excluding hydrogens is 544 g/mol. The number of benzene rings is 2. The van der Waals surface area contributed by atoms with E-state index in [1.54, 1.807) is 36.4 Å². The third-order valence-corrected chi connectivity index (χ3v) is 9.53. The smallest absolute Gasteiger partial charge is 0.235 e. The standard InChI is InChI=1S/C31H28N2O9/c1-33(2)22-18-11-14-9-12-7-8-13(10-17-24(35)15-5-3-4-6-16(15)25(17)36)23(34)19(12)26(37)20(14)28(39)31(18,42)29(40)21(27(22)38)30(32)41/h3-8,14,17-18,20-22,34,42H,9-11H2,1-2H3,(H2,32,41)/t14-,18-,20?,21?,22-,31-/m0/s1. The molecule has 4 aliphatic carbocycles. The van der Waals surface area contributed by atoms with Gasteiger partial charge in [0, 0.05) is 17.0 Å². The number of hydrogen-bond donors (Lipinski definition) is 3. The molecule has 2 saturated carbocycles. The van der Waals surface area contributed by atoms with Crippen LogP contribution in [0.2, 0.25) is 0 Å². The Balaban J connectivity index is 1.37. The zero-order valence-electron chi connectivity index (χ0n) is 22.8. The summed E-state index contributed by atoms with van der Waals surface area (Å²) in [6, 6.07) is 8.39. The predicted octanol–water partition coefficient (Wildman–Crippen LogP) is 0.105. The summed E-state index contributed by atoms with van der Waals surface area (Å²) in [5, 5.41) is 22.9. The fraction of sp³-hybridized carbons (Fsp3) is 0.387. The molecule has 0 heterocycles. The van der Waals surface area contributed by atoms with Crippen molar-refractivity contribution in [1.29, 1.82) is 0 Å². The molecule has 11 nitrogen and oxygen atoms in total. The molecule has 4 aliphatic rings. The van der Waals surface area contributed by atoms with Gasteiger partial charge < -0.3 is 15.9 Å². The van der Waals surface area contributed by atoms with Gasteiger partial charge in [0.2, 0.25) is 5.91 Å². The summed E-state index contributed by atoms with van der Waals surface area (Å²) < 4.78 is 0. The Kier molecular flexibility index (Phi) is 6.18. The molecule has 1 amide bonds. The van der Waals surface area contributed by atoms with Crippen molar-refractivity contribution in [1.82, 2.24) is 4.90 Å².